The summed E-state index contributed by atoms with van der Waals surface area (Å²) in [6.45, 7) is 7.58. The number of carbonyl (C=O) groups is 2. The first kappa shape index (κ1) is 59.1. The van der Waals surface area contributed by atoms with E-state index in [2.05, 4.69) is 93.7 Å². The standard InChI is InChI=1S/C57H98O5/c1-4-7-10-13-16-19-22-25-27-28-29-31-34-37-40-43-46-49-52-60-53-55(62-57(59)51-48-45-42-39-36-32-24-21-18-15-12-9-6-3)54-61-56(58)50-47-44-41-38-35-33-30-26-23-20-17-14-11-8-5-2/h8,11,17,20-21,24-27,30,35,38,44,47,55H,4-7,9-10,12-16,18-19,22-23,28-29,31-34,36-37,39-43,45-46,48-54H2,1-3H3/b11-8-,20-17-,24-21-,27-25-,30-26-,38-35-,47-44-. The number of allylic oxidation sites excluding steroid dienone is 13. The minimum Gasteiger partial charge on any atom is -0.461 e. The Morgan fingerprint density at radius 3 is 1.24 bits per heavy atom. The number of unbranched alkanes of at least 4 members (excludes halogenated alkanes) is 23. The highest BCUT2D eigenvalue weighted by Gasteiger charge is 2.17. The van der Waals surface area contributed by atoms with Gasteiger partial charge in [-0.05, 0) is 96.3 Å². The van der Waals surface area contributed by atoms with E-state index >= 15 is 0 Å². The van der Waals surface area contributed by atoms with Gasteiger partial charge in [-0.2, -0.15) is 0 Å². The molecule has 0 radical (unpaired) electrons. The zero-order valence-electron chi connectivity index (χ0n) is 40.9. The lowest BCUT2D eigenvalue weighted by Crippen LogP contribution is -2.30. The second-order valence-corrected chi connectivity index (χ2v) is 17.1. The lowest BCUT2D eigenvalue weighted by Gasteiger charge is -2.18. The molecule has 0 spiro atoms. The number of esters is 2. The Morgan fingerprint density at radius 1 is 0.387 bits per heavy atom. The molecule has 5 heteroatoms. The fourth-order valence-corrected chi connectivity index (χ4v) is 7.04. The van der Waals surface area contributed by atoms with Crippen molar-refractivity contribution in [2.45, 2.75) is 245 Å². The summed E-state index contributed by atoms with van der Waals surface area (Å²) in [4.78, 5) is 25.3. The molecule has 0 aromatic rings. The molecule has 5 nitrogen and oxygen atoms in total. The van der Waals surface area contributed by atoms with E-state index in [0.717, 1.165) is 70.6 Å². The summed E-state index contributed by atoms with van der Waals surface area (Å²) in [6, 6.07) is 0. The lowest BCUT2D eigenvalue weighted by molar-refractivity contribution is -0.162. The molecule has 0 aromatic heterocycles. The van der Waals surface area contributed by atoms with E-state index in [9.17, 15) is 9.59 Å². The molecule has 0 N–H and O–H groups in total. The summed E-state index contributed by atoms with van der Waals surface area (Å²) < 4.78 is 17.3. The number of hydrogen-bond acceptors (Lipinski definition) is 5. The number of carbonyl (C=O) groups excluding carboxylic acids is 2. The van der Waals surface area contributed by atoms with Crippen LogP contribution in [0.4, 0.5) is 0 Å². The molecule has 0 heterocycles. The molecule has 0 fully saturated rings. The Bertz CT molecular complexity index is 1160. The largest absolute Gasteiger partial charge is 0.461 e. The van der Waals surface area contributed by atoms with E-state index in [1.54, 1.807) is 0 Å². The Balaban J connectivity index is 4.38. The third-order valence-electron chi connectivity index (χ3n) is 10.9. The fourth-order valence-electron chi connectivity index (χ4n) is 7.04. The van der Waals surface area contributed by atoms with Crippen LogP contribution in [0.1, 0.15) is 239 Å². The van der Waals surface area contributed by atoms with Crippen LogP contribution >= 0.6 is 0 Å². The second kappa shape index (κ2) is 52.4. The van der Waals surface area contributed by atoms with E-state index in [1.165, 1.54) is 135 Å². The molecular weight excluding hydrogens is 765 g/mol. The fraction of sp³-hybridized carbons (Fsp3) is 0.719. The molecule has 0 saturated heterocycles. The molecule has 0 bridgehead atoms. The molecule has 0 rings (SSSR count). The van der Waals surface area contributed by atoms with Crippen LogP contribution in [0.15, 0.2) is 85.1 Å². The first-order valence-corrected chi connectivity index (χ1v) is 26.1. The van der Waals surface area contributed by atoms with E-state index in [0.29, 0.717) is 13.0 Å². The summed E-state index contributed by atoms with van der Waals surface area (Å²) in [5.41, 5.74) is 0. The van der Waals surface area contributed by atoms with E-state index < -0.39 is 6.10 Å². The van der Waals surface area contributed by atoms with Gasteiger partial charge in [0.05, 0.1) is 13.0 Å². The Morgan fingerprint density at radius 2 is 0.774 bits per heavy atom. The van der Waals surface area contributed by atoms with Gasteiger partial charge in [-0.25, -0.2) is 0 Å². The maximum absolute atomic E-state index is 12.8. The van der Waals surface area contributed by atoms with Crippen LogP contribution in [0.2, 0.25) is 0 Å². The van der Waals surface area contributed by atoms with Gasteiger partial charge in [0.15, 0.2) is 6.10 Å². The molecule has 0 amide bonds. The summed E-state index contributed by atoms with van der Waals surface area (Å²) >= 11 is 0. The number of ether oxygens (including phenoxy) is 3. The molecule has 0 aliphatic carbocycles. The Kier molecular flexibility index (Phi) is 50.0. The molecule has 1 unspecified atom stereocenters. The lowest BCUT2D eigenvalue weighted by atomic mass is 10.1. The van der Waals surface area contributed by atoms with Crippen LogP contribution < -0.4 is 0 Å². The third-order valence-corrected chi connectivity index (χ3v) is 10.9. The zero-order valence-corrected chi connectivity index (χ0v) is 40.9. The maximum Gasteiger partial charge on any atom is 0.309 e. The topological polar surface area (TPSA) is 61.8 Å². The van der Waals surface area contributed by atoms with Crippen molar-refractivity contribution in [3.8, 4) is 0 Å². The monoisotopic (exact) mass is 863 g/mol. The highest BCUT2D eigenvalue weighted by molar-refractivity contribution is 5.71. The van der Waals surface area contributed by atoms with Crippen molar-refractivity contribution in [3.05, 3.63) is 85.1 Å². The number of hydrogen-bond donors (Lipinski definition) is 0. The molecular formula is C57H98O5. The van der Waals surface area contributed by atoms with Crippen LogP contribution in [-0.2, 0) is 23.8 Å². The van der Waals surface area contributed by atoms with Crippen LogP contribution in [-0.4, -0.2) is 37.9 Å². The van der Waals surface area contributed by atoms with Crippen molar-refractivity contribution in [1.29, 1.82) is 0 Å². The van der Waals surface area contributed by atoms with Crippen LogP contribution in [0.25, 0.3) is 0 Å². The Hall–Kier alpha value is -2.92. The average Bonchev–Trinajstić information content (AvgIpc) is 3.27. The minimum atomic E-state index is -0.584. The third kappa shape index (κ3) is 49.7. The SMILES string of the molecule is CC/C=C\C/C=C\C/C=C\C/C=C\C/C=C\CC(=O)OCC(COCCCCCCCCCC/C=C\CCCCCCCC)OC(=O)CCCCCCC/C=C\CCCCCC. The highest BCUT2D eigenvalue weighted by atomic mass is 16.6. The molecule has 0 aliphatic rings. The first-order valence-electron chi connectivity index (χ1n) is 26.1. The first-order chi connectivity index (χ1) is 30.6. The van der Waals surface area contributed by atoms with Crippen LogP contribution in [0.5, 0.6) is 0 Å². The number of rotatable bonds is 47. The molecule has 0 aliphatic heterocycles. The molecule has 62 heavy (non-hydrogen) atoms. The van der Waals surface area contributed by atoms with Gasteiger partial charge in [0, 0.05) is 13.0 Å². The summed E-state index contributed by atoms with van der Waals surface area (Å²) in [5, 5.41) is 0. The van der Waals surface area contributed by atoms with Crippen molar-refractivity contribution >= 4 is 11.9 Å². The highest BCUT2D eigenvalue weighted by Crippen LogP contribution is 2.13. The van der Waals surface area contributed by atoms with Gasteiger partial charge in [0.1, 0.15) is 6.61 Å². The van der Waals surface area contributed by atoms with Gasteiger partial charge >= 0.3 is 11.9 Å². The van der Waals surface area contributed by atoms with Gasteiger partial charge in [0.2, 0.25) is 0 Å². The predicted octanol–water partition coefficient (Wildman–Crippen LogP) is 17.7. The van der Waals surface area contributed by atoms with Gasteiger partial charge < -0.3 is 14.2 Å². The van der Waals surface area contributed by atoms with Crippen LogP contribution in [0, 0.1) is 0 Å². The smallest absolute Gasteiger partial charge is 0.309 e. The zero-order chi connectivity index (χ0) is 44.9. The molecule has 1 atom stereocenters. The molecule has 0 aromatic carbocycles. The summed E-state index contributed by atoms with van der Waals surface area (Å²) in [7, 11) is 0. The summed E-state index contributed by atoms with van der Waals surface area (Å²) in [6.07, 6.45) is 69.0. The molecule has 356 valence electrons. The van der Waals surface area contributed by atoms with Crippen molar-refractivity contribution < 1.29 is 23.8 Å². The van der Waals surface area contributed by atoms with Gasteiger partial charge in [0.25, 0.3) is 0 Å². The van der Waals surface area contributed by atoms with Crippen molar-refractivity contribution in [3.63, 3.8) is 0 Å². The van der Waals surface area contributed by atoms with E-state index in [1.807, 2.05) is 12.2 Å². The predicted molar refractivity (Wildman–Crippen MR) is 270 cm³/mol. The van der Waals surface area contributed by atoms with Gasteiger partial charge in [-0.3, -0.25) is 9.59 Å². The minimum absolute atomic E-state index is 0.0241. The van der Waals surface area contributed by atoms with Crippen molar-refractivity contribution in [2.75, 3.05) is 19.8 Å². The summed E-state index contributed by atoms with van der Waals surface area (Å²) in [5.74, 6) is -0.554. The van der Waals surface area contributed by atoms with E-state index in [4.69, 9.17) is 14.2 Å². The van der Waals surface area contributed by atoms with Crippen molar-refractivity contribution in [1.82, 2.24) is 0 Å². The molecule has 0 saturated carbocycles. The van der Waals surface area contributed by atoms with Gasteiger partial charge in [-0.1, -0.05) is 215 Å². The Labute approximate surface area is 384 Å². The van der Waals surface area contributed by atoms with Crippen molar-refractivity contribution in [2.24, 2.45) is 0 Å². The van der Waals surface area contributed by atoms with Crippen LogP contribution in [0.3, 0.4) is 0 Å². The quantitative estimate of drug-likeness (QED) is 0.0346. The normalized spacial score (nSPS) is 12.9. The average molecular weight is 863 g/mol. The maximum atomic E-state index is 12.8. The second-order valence-electron chi connectivity index (χ2n) is 17.1. The van der Waals surface area contributed by atoms with E-state index in [-0.39, 0.29) is 31.6 Å². The van der Waals surface area contributed by atoms with Gasteiger partial charge in [-0.15, -0.1) is 0 Å².